The van der Waals surface area contributed by atoms with Crippen LogP contribution in [0.15, 0.2) is 18.2 Å². The van der Waals surface area contributed by atoms with Gasteiger partial charge >= 0.3 is 0 Å². The number of hydrogen-bond donors (Lipinski definition) is 1. The van der Waals surface area contributed by atoms with Crippen molar-refractivity contribution in [2.45, 2.75) is 44.3 Å². The summed E-state index contributed by atoms with van der Waals surface area (Å²) in [4.78, 5) is 2.38. The highest BCUT2D eigenvalue weighted by molar-refractivity contribution is 6.31. The molecule has 0 aromatic heterocycles. The first-order valence-electron chi connectivity index (χ1n) is 6.49. The van der Waals surface area contributed by atoms with Gasteiger partial charge in [0.15, 0.2) is 0 Å². The molecular formula is C14H19ClN2. The molecule has 17 heavy (non-hydrogen) atoms. The molecule has 1 aromatic rings. The molecule has 1 N–H and O–H groups in total. The Balaban J connectivity index is 1.81. The topological polar surface area (TPSA) is 15.3 Å². The standard InChI is InChI=1S/C14H19ClN2/c1-17(11-7-8-11)14-4-2-3-13(15)12(14)9-16-10-5-6-10/h2-4,10-11,16H,5-9H2,1H3. The first-order valence-corrected chi connectivity index (χ1v) is 6.87. The lowest BCUT2D eigenvalue weighted by Crippen LogP contribution is -2.23. The summed E-state index contributed by atoms with van der Waals surface area (Å²) < 4.78 is 0. The third kappa shape index (κ3) is 2.58. The summed E-state index contributed by atoms with van der Waals surface area (Å²) in [6.45, 7) is 0.900. The average molecular weight is 251 g/mol. The summed E-state index contributed by atoms with van der Waals surface area (Å²) in [7, 11) is 2.18. The number of halogens is 1. The van der Waals surface area contributed by atoms with E-state index >= 15 is 0 Å². The van der Waals surface area contributed by atoms with Crippen molar-refractivity contribution in [2.75, 3.05) is 11.9 Å². The van der Waals surface area contributed by atoms with E-state index in [1.165, 1.54) is 36.9 Å². The van der Waals surface area contributed by atoms with E-state index in [0.717, 1.165) is 23.7 Å². The van der Waals surface area contributed by atoms with Crippen LogP contribution in [0, 0.1) is 0 Å². The summed E-state index contributed by atoms with van der Waals surface area (Å²) in [5, 5.41) is 4.45. The molecule has 0 heterocycles. The van der Waals surface area contributed by atoms with Crippen LogP contribution in [0.2, 0.25) is 5.02 Å². The second kappa shape index (κ2) is 4.51. The number of anilines is 1. The minimum atomic E-state index is 0.727. The third-order valence-electron chi connectivity index (χ3n) is 3.71. The predicted octanol–water partition coefficient (Wildman–Crippen LogP) is 3.19. The molecule has 0 spiro atoms. The van der Waals surface area contributed by atoms with Gasteiger partial charge in [-0.2, -0.15) is 0 Å². The van der Waals surface area contributed by atoms with Crippen LogP contribution < -0.4 is 10.2 Å². The number of rotatable bonds is 5. The van der Waals surface area contributed by atoms with E-state index < -0.39 is 0 Å². The lowest BCUT2D eigenvalue weighted by molar-refractivity contribution is 0.685. The number of hydrogen-bond acceptors (Lipinski definition) is 2. The maximum absolute atomic E-state index is 6.34. The summed E-state index contributed by atoms with van der Waals surface area (Å²) in [5.74, 6) is 0. The molecular weight excluding hydrogens is 232 g/mol. The van der Waals surface area contributed by atoms with Crippen LogP contribution in [0.25, 0.3) is 0 Å². The van der Waals surface area contributed by atoms with Gasteiger partial charge in [0.2, 0.25) is 0 Å². The summed E-state index contributed by atoms with van der Waals surface area (Å²) in [6.07, 6.45) is 5.27. The van der Waals surface area contributed by atoms with Gasteiger partial charge in [-0.25, -0.2) is 0 Å². The largest absolute Gasteiger partial charge is 0.371 e. The highest BCUT2D eigenvalue weighted by Crippen LogP contribution is 2.35. The second-order valence-electron chi connectivity index (χ2n) is 5.23. The molecule has 2 nitrogen and oxygen atoms in total. The van der Waals surface area contributed by atoms with E-state index in [-0.39, 0.29) is 0 Å². The van der Waals surface area contributed by atoms with Gasteiger partial charge in [0, 0.05) is 41.9 Å². The van der Waals surface area contributed by atoms with E-state index in [0.29, 0.717) is 0 Å². The highest BCUT2D eigenvalue weighted by atomic mass is 35.5. The first-order chi connectivity index (χ1) is 8.25. The fourth-order valence-corrected chi connectivity index (χ4v) is 2.48. The van der Waals surface area contributed by atoms with Gasteiger partial charge in [-0.15, -0.1) is 0 Å². The SMILES string of the molecule is CN(c1cccc(Cl)c1CNC1CC1)C1CC1. The Labute approximate surface area is 108 Å². The molecule has 2 fully saturated rings. The Bertz CT molecular complexity index is 411. The second-order valence-corrected chi connectivity index (χ2v) is 5.64. The maximum Gasteiger partial charge on any atom is 0.0471 e. The first kappa shape index (κ1) is 11.4. The monoisotopic (exact) mass is 250 g/mol. The molecule has 2 saturated carbocycles. The summed E-state index contributed by atoms with van der Waals surface area (Å²) >= 11 is 6.34. The normalized spacial score (nSPS) is 19.4. The van der Waals surface area contributed by atoms with Crippen molar-refractivity contribution in [3.8, 4) is 0 Å². The van der Waals surface area contributed by atoms with E-state index in [1.54, 1.807) is 0 Å². The van der Waals surface area contributed by atoms with Crippen LogP contribution >= 0.6 is 11.6 Å². The fraction of sp³-hybridized carbons (Fsp3) is 0.571. The molecule has 0 unspecified atom stereocenters. The lowest BCUT2D eigenvalue weighted by atomic mass is 10.1. The summed E-state index contributed by atoms with van der Waals surface area (Å²) in [6, 6.07) is 7.69. The quantitative estimate of drug-likeness (QED) is 0.864. The summed E-state index contributed by atoms with van der Waals surface area (Å²) in [5.41, 5.74) is 2.56. The average Bonchev–Trinajstić information content (AvgIpc) is 3.16. The molecule has 0 radical (unpaired) electrons. The molecule has 3 rings (SSSR count). The maximum atomic E-state index is 6.34. The zero-order valence-electron chi connectivity index (χ0n) is 10.2. The Morgan fingerprint density at radius 3 is 2.71 bits per heavy atom. The molecule has 92 valence electrons. The van der Waals surface area contributed by atoms with Gasteiger partial charge in [-0.05, 0) is 37.8 Å². The van der Waals surface area contributed by atoms with Gasteiger partial charge in [0.1, 0.15) is 0 Å². The Hall–Kier alpha value is -0.730. The smallest absolute Gasteiger partial charge is 0.0471 e. The van der Waals surface area contributed by atoms with Crippen molar-refractivity contribution in [3.05, 3.63) is 28.8 Å². The highest BCUT2D eigenvalue weighted by Gasteiger charge is 2.28. The Morgan fingerprint density at radius 1 is 1.29 bits per heavy atom. The van der Waals surface area contributed by atoms with Crippen molar-refractivity contribution in [1.29, 1.82) is 0 Å². The Morgan fingerprint density at radius 2 is 2.06 bits per heavy atom. The lowest BCUT2D eigenvalue weighted by Gasteiger charge is -2.23. The van der Waals surface area contributed by atoms with Crippen LogP contribution in [0.3, 0.4) is 0 Å². The number of nitrogens with one attached hydrogen (secondary N) is 1. The molecule has 3 heteroatoms. The molecule has 0 aliphatic heterocycles. The van der Waals surface area contributed by atoms with Gasteiger partial charge < -0.3 is 10.2 Å². The fourth-order valence-electron chi connectivity index (χ4n) is 2.25. The van der Waals surface area contributed by atoms with Crippen molar-refractivity contribution in [2.24, 2.45) is 0 Å². The molecule has 0 bridgehead atoms. The van der Waals surface area contributed by atoms with Gasteiger partial charge in [-0.1, -0.05) is 17.7 Å². The third-order valence-corrected chi connectivity index (χ3v) is 4.07. The van der Waals surface area contributed by atoms with Crippen molar-refractivity contribution < 1.29 is 0 Å². The van der Waals surface area contributed by atoms with Crippen molar-refractivity contribution >= 4 is 17.3 Å². The molecule has 2 aliphatic carbocycles. The van der Waals surface area contributed by atoms with E-state index in [4.69, 9.17) is 11.6 Å². The molecule has 0 saturated heterocycles. The zero-order valence-corrected chi connectivity index (χ0v) is 11.0. The van der Waals surface area contributed by atoms with Crippen LogP contribution in [0.4, 0.5) is 5.69 Å². The molecule has 0 amide bonds. The van der Waals surface area contributed by atoms with Gasteiger partial charge in [0.25, 0.3) is 0 Å². The van der Waals surface area contributed by atoms with Crippen molar-refractivity contribution in [3.63, 3.8) is 0 Å². The number of benzene rings is 1. The molecule has 2 aliphatic rings. The van der Waals surface area contributed by atoms with Crippen LogP contribution in [-0.2, 0) is 6.54 Å². The Kier molecular flexibility index (Phi) is 3.01. The van der Waals surface area contributed by atoms with E-state index in [2.05, 4.69) is 29.4 Å². The van der Waals surface area contributed by atoms with Crippen LogP contribution in [-0.4, -0.2) is 19.1 Å². The predicted molar refractivity (Wildman–Crippen MR) is 72.7 cm³/mol. The number of nitrogens with zero attached hydrogens (tertiary/aromatic N) is 1. The van der Waals surface area contributed by atoms with E-state index in [1.807, 2.05) is 6.07 Å². The van der Waals surface area contributed by atoms with Crippen LogP contribution in [0.1, 0.15) is 31.2 Å². The minimum absolute atomic E-state index is 0.727. The van der Waals surface area contributed by atoms with E-state index in [9.17, 15) is 0 Å². The van der Waals surface area contributed by atoms with Gasteiger partial charge in [0.05, 0.1) is 0 Å². The molecule has 1 aromatic carbocycles. The van der Waals surface area contributed by atoms with Crippen molar-refractivity contribution in [1.82, 2.24) is 5.32 Å². The zero-order chi connectivity index (χ0) is 11.8. The minimum Gasteiger partial charge on any atom is -0.371 e. The van der Waals surface area contributed by atoms with Gasteiger partial charge in [-0.3, -0.25) is 0 Å². The van der Waals surface area contributed by atoms with Crippen LogP contribution in [0.5, 0.6) is 0 Å². The molecule has 0 atom stereocenters.